The first-order valence-electron chi connectivity index (χ1n) is 8.40. The van der Waals surface area contributed by atoms with Gasteiger partial charge in [0, 0.05) is 18.0 Å². The number of fused-ring (bicyclic) bond motifs is 1. The fraction of sp³-hybridized carbons (Fsp3) is 0.190. The van der Waals surface area contributed by atoms with E-state index < -0.39 is 17.9 Å². The van der Waals surface area contributed by atoms with E-state index in [9.17, 15) is 14.7 Å². The van der Waals surface area contributed by atoms with Crippen LogP contribution in [0.1, 0.15) is 27.0 Å². The highest BCUT2D eigenvalue weighted by atomic mass is 16.4. The predicted molar refractivity (Wildman–Crippen MR) is 100 cm³/mol. The van der Waals surface area contributed by atoms with E-state index in [4.69, 9.17) is 0 Å². The first-order chi connectivity index (χ1) is 12.5. The second-order valence-corrected chi connectivity index (χ2v) is 6.32. The second kappa shape index (κ2) is 7.35. The summed E-state index contributed by atoms with van der Waals surface area (Å²) in [5.74, 6) is -1.50. The summed E-state index contributed by atoms with van der Waals surface area (Å²) in [5.41, 5.74) is 3.89. The number of nitrogens with zero attached hydrogens (tertiary/aromatic N) is 1. The van der Waals surface area contributed by atoms with Crippen LogP contribution >= 0.6 is 0 Å². The van der Waals surface area contributed by atoms with E-state index in [1.165, 1.54) is 0 Å². The second-order valence-electron chi connectivity index (χ2n) is 6.32. The first-order valence-corrected chi connectivity index (χ1v) is 8.40. The number of carbonyl (C=O) groups excluding carboxylic acids is 1. The fourth-order valence-electron chi connectivity index (χ4n) is 3.10. The number of nitrogens with one attached hydrogen (secondary N) is 1. The van der Waals surface area contributed by atoms with Crippen molar-refractivity contribution < 1.29 is 14.7 Å². The molecule has 1 aromatic heterocycles. The number of hydrogen-bond acceptors (Lipinski definition) is 3. The number of pyridine rings is 1. The standard InChI is InChI=1S/C21H20N2O3/c1-13-6-3-7-14(2)17(13)12-18(21(25)26)23-20(24)16-10-4-8-15-9-5-11-22-19(15)16/h3-11,18H,12H2,1-2H3,(H,23,24)(H,25,26)/t18-/m0/s1. The van der Waals surface area contributed by atoms with E-state index in [1.807, 2.05) is 44.2 Å². The smallest absolute Gasteiger partial charge is 0.326 e. The lowest BCUT2D eigenvalue weighted by Gasteiger charge is -2.18. The van der Waals surface area contributed by atoms with Crippen LogP contribution in [0.2, 0.25) is 0 Å². The third-order valence-electron chi connectivity index (χ3n) is 4.53. The molecule has 2 N–H and O–H groups in total. The maximum Gasteiger partial charge on any atom is 0.326 e. The summed E-state index contributed by atoms with van der Waals surface area (Å²) in [6.45, 7) is 3.88. The van der Waals surface area contributed by atoms with Crippen LogP contribution in [-0.4, -0.2) is 28.0 Å². The Bertz CT molecular complexity index is 956. The van der Waals surface area contributed by atoms with Gasteiger partial charge in [-0.25, -0.2) is 4.79 Å². The number of carboxylic acids is 1. The number of carboxylic acid groups (broad SMARTS) is 1. The molecule has 132 valence electrons. The summed E-state index contributed by atoms with van der Waals surface area (Å²) < 4.78 is 0. The van der Waals surface area contributed by atoms with Gasteiger partial charge in [0.2, 0.25) is 0 Å². The van der Waals surface area contributed by atoms with E-state index in [-0.39, 0.29) is 6.42 Å². The van der Waals surface area contributed by atoms with E-state index in [0.717, 1.165) is 22.1 Å². The van der Waals surface area contributed by atoms with E-state index in [2.05, 4.69) is 10.3 Å². The van der Waals surface area contributed by atoms with Gasteiger partial charge >= 0.3 is 5.97 Å². The first kappa shape index (κ1) is 17.6. The molecule has 2 aromatic carbocycles. The van der Waals surface area contributed by atoms with Gasteiger partial charge in [-0.3, -0.25) is 9.78 Å². The molecular weight excluding hydrogens is 328 g/mol. The highest BCUT2D eigenvalue weighted by Crippen LogP contribution is 2.18. The Morgan fingerprint density at radius 1 is 1.04 bits per heavy atom. The van der Waals surface area contributed by atoms with Crippen LogP contribution in [0.5, 0.6) is 0 Å². The lowest BCUT2D eigenvalue weighted by atomic mass is 9.96. The SMILES string of the molecule is Cc1cccc(C)c1C[C@H](NC(=O)c1cccc2cccnc12)C(=O)O. The minimum absolute atomic E-state index is 0.234. The van der Waals surface area contributed by atoms with Crippen LogP contribution < -0.4 is 5.32 Å². The lowest BCUT2D eigenvalue weighted by Crippen LogP contribution is -2.42. The van der Waals surface area contributed by atoms with E-state index in [1.54, 1.807) is 24.4 Å². The molecule has 5 nitrogen and oxygen atoms in total. The molecule has 26 heavy (non-hydrogen) atoms. The van der Waals surface area contributed by atoms with Crippen molar-refractivity contribution in [2.45, 2.75) is 26.3 Å². The van der Waals surface area contributed by atoms with Crippen molar-refractivity contribution in [1.82, 2.24) is 10.3 Å². The Morgan fingerprint density at radius 3 is 2.38 bits per heavy atom. The zero-order valence-corrected chi connectivity index (χ0v) is 14.7. The molecule has 5 heteroatoms. The van der Waals surface area contributed by atoms with Crippen LogP contribution in [0.3, 0.4) is 0 Å². The number of amides is 1. The number of benzene rings is 2. The van der Waals surface area contributed by atoms with Crippen molar-refractivity contribution in [3.8, 4) is 0 Å². The number of aryl methyl sites for hydroxylation is 2. The molecular formula is C21H20N2O3. The molecule has 0 saturated heterocycles. The van der Waals surface area contributed by atoms with Gasteiger partial charge in [0.15, 0.2) is 0 Å². The molecule has 0 saturated carbocycles. The molecule has 0 aliphatic rings. The van der Waals surface area contributed by atoms with Gasteiger partial charge in [-0.2, -0.15) is 0 Å². The van der Waals surface area contributed by atoms with Gasteiger partial charge in [-0.15, -0.1) is 0 Å². The molecule has 3 rings (SSSR count). The van der Waals surface area contributed by atoms with Crippen LogP contribution in [0, 0.1) is 13.8 Å². The molecule has 0 unspecified atom stereocenters. The molecule has 3 aromatic rings. The monoisotopic (exact) mass is 348 g/mol. The molecule has 1 amide bonds. The van der Waals surface area contributed by atoms with Gasteiger partial charge in [0.05, 0.1) is 11.1 Å². The number of hydrogen-bond donors (Lipinski definition) is 2. The van der Waals surface area contributed by atoms with Crippen molar-refractivity contribution in [2.75, 3.05) is 0 Å². The van der Waals surface area contributed by atoms with E-state index >= 15 is 0 Å². The topological polar surface area (TPSA) is 79.3 Å². The Balaban J connectivity index is 1.88. The molecule has 0 spiro atoms. The maximum absolute atomic E-state index is 12.7. The van der Waals surface area contributed by atoms with Crippen molar-refractivity contribution in [3.05, 3.63) is 77.0 Å². The fourth-order valence-corrected chi connectivity index (χ4v) is 3.10. The summed E-state index contributed by atoms with van der Waals surface area (Å²) in [4.78, 5) is 28.7. The van der Waals surface area contributed by atoms with Crippen molar-refractivity contribution in [2.24, 2.45) is 0 Å². The Hall–Kier alpha value is -3.21. The van der Waals surface area contributed by atoms with Crippen molar-refractivity contribution in [1.29, 1.82) is 0 Å². The maximum atomic E-state index is 12.7. The van der Waals surface area contributed by atoms with Crippen LogP contribution in [0.4, 0.5) is 0 Å². The number of para-hydroxylation sites is 1. The largest absolute Gasteiger partial charge is 0.480 e. The van der Waals surface area contributed by atoms with Gasteiger partial charge in [-0.05, 0) is 42.7 Å². The molecule has 1 atom stereocenters. The van der Waals surface area contributed by atoms with Crippen molar-refractivity contribution in [3.63, 3.8) is 0 Å². The molecule has 0 bridgehead atoms. The number of rotatable bonds is 5. The third-order valence-corrected chi connectivity index (χ3v) is 4.53. The third kappa shape index (κ3) is 3.57. The summed E-state index contributed by atoms with van der Waals surface area (Å²) in [6.07, 6.45) is 1.85. The number of aliphatic carboxylic acids is 1. The summed E-state index contributed by atoms with van der Waals surface area (Å²) in [5, 5.41) is 13.1. The van der Waals surface area contributed by atoms with Gasteiger partial charge in [-0.1, -0.05) is 36.4 Å². The van der Waals surface area contributed by atoms with E-state index in [0.29, 0.717) is 11.1 Å². The van der Waals surface area contributed by atoms with Gasteiger partial charge < -0.3 is 10.4 Å². The average molecular weight is 348 g/mol. The quantitative estimate of drug-likeness (QED) is 0.742. The summed E-state index contributed by atoms with van der Waals surface area (Å²) in [6, 6.07) is 13.8. The molecule has 0 fully saturated rings. The molecule has 0 radical (unpaired) electrons. The Morgan fingerprint density at radius 2 is 1.69 bits per heavy atom. The molecule has 0 aliphatic heterocycles. The highest BCUT2D eigenvalue weighted by molar-refractivity contribution is 6.06. The molecule has 0 aliphatic carbocycles. The minimum Gasteiger partial charge on any atom is -0.480 e. The van der Waals surface area contributed by atoms with Crippen LogP contribution in [0.15, 0.2) is 54.7 Å². The average Bonchev–Trinajstić information content (AvgIpc) is 2.63. The minimum atomic E-state index is -1.06. The van der Waals surface area contributed by atoms with Gasteiger partial charge in [0.1, 0.15) is 6.04 Å². The van der Waals surface area contributed by atoms with Gasteiger partial charge in [0.25, 0.3) is 5.91 Å². The predicted octanol–water partition coefficient (Wildman–Crippen LogP) is 3.28. The zero-order chi connectivity index (χ0) is 18.7. The Labute approximate surface area is 151 Å². The van der Waals surface area contributed by atoms with Crippen LogP contribution in [0.25, 0.3) is 10.9 Å². The highest BCUT2D eigenvalue weighted by Gasteiger charge is 2.23. The summed E-state index contributed by atoms with van der Waals surface area (Å²) >= 11 is 0. The lowest BCUT2D eigenvalue weighted by molar-refractivity contribution is -0.139. The number of aromatic nitrogens is 1. The summed E-state index contributed by atoms with van der Waals surface area (Å²) in [7, 11) is 0. The normalized spacial score (nSPS) is 11.9. The Kier molecular flexibility index (Phi) is 4.98. The number of carbonyl (C=O) groups is 2. The van der Waals surface area contributed by atoms with Crippen molar-refractivity contribution >= 4 is 22.8 Å². The zero-order valence-electron chi connectivity index (χ0n) is 14.7. The molecule has 1 heterocycles. The van der Waals surface area contributed by atoms with Crippen LogP contribution in [-0.2, 0) is 11.2 Å².